The molecule has 0 radical (unpaired) electrons. The van der Waals surface area contributed by atoms with Crippen LogP contribution in [0.1, 0.15) is 21.4 Å². The average molecular weight is 270 g/mol. The van der Waals surface area contributed by atoms with Gasteiger partial charge in [-0.05, 0) is 25.0 Å². The molecule has 0 aliphatic rings. The predicted octanol–water partition coefficient (Wildman–Crippen LogP) is 4.16. The molecule has 17 heavy (non-hydrogen) atoms. The van der Waals surface area contributed by atoms with Crippen molar-refractivity contribution in [3.05, 3.63) is 51.7 Å². The van der Waals surface area contributed by atoms with Crippen LogP contribution in [0.25, 0.3) is 0 Å². The second-order valence-electron chi connectivity index (χ2n) is 3.92. The molecule has 0 fully saturated rings. The van der Waals surface area contributed by atoms with Crippen molar-refractivity contribution in [2.45, 2.75) is 19.3 Å². The Balaban J connectivity index is 2.20. The fourth-order valence-corrected chi connectivity index (χ4v) is 2.95. The van der Waals surface area contributed by atoms with Crippen LogP contribution in [0.15, 0.2) is 30.5 Å². The number of aryl methyl sites for hydroxylation is 1. The topological polar surface area (TPSA) is 12.9 Å². The summed E-state index contributed by atoms with van der Waals surface area (Å²) >= 11 is 7.59. The summed E-state index contributed by atoms with van der Waals surface area (Å²) in [6.45, 7) is 1.97. The molecule has 1 nitrogen and oxygen atoms in total. The maximum atomic E-state index is 13.7. The summed E-state index contributed by atoms with van der Waals surface area (Å²) in [6, 6.07) is 6.82. The third-order valence-electron chi connectivity index (χ3n) is 2.65. The first-order valence-corrected chi connectivity index (χ1v) is 6.77. The van der Waals surface area contributed by atoms with E-state index in [9.17, 15) is 4.39 Å². The van der Waals surface area contributed by atoms with Gasteiger partial charge in [0.15, 0.2) is 0 Å². The zero-order valence-electron chi connectivity index (χ0n) is 9.49. The molecule has 0 spiro atoms. The lowest BCUT2D eigenvalue weighted by Gasteiger charge is -2.13. The zero-order valence-corrected chi connectivity index (χ0v) is 11.1. The van der Waals surface area contributed by atoms with Gasteiger partial charge in [0.05, 0.1) is 5.01 Å². The molecule has 0 saturated carbocycles. The van der Waals surface area contributed by atoms with E-state index in [2.05, 4.69) is 4.98 Å². The van der Waals surface area contributed by atoms with E-state index in [0.717, 1.165) is 16.3 Å². The van der Waals surface area contributed by atoms with Gasteiger partial charge in [0.25, 0.3) is 0 Å². The molecule has 1 unspecified atom stereocenters. The SMILES string of the molecule is Cc1ncc(CC(CCl)c2ccccc2F)s1. The highest BCUT2D eigenvalue weighted by molar-refractivity contribution is 7.11. The molecule has 0 aliphatic heterocycles. The molecular formula is C13H13ClFNS. The van der Waals surface area contributed by atoms with E-state index in [-0.39, 0.29) is 11.7 Å². The third kappa shape index (κ3) is 3.05. The number of thiazole rings is 1. The summed E-state index contributed by atoms with van der Waals surface area (Å²) in [7, 11) is 0. The smallest absolute Gasteiger partial charge is 0.126 e. The fraction of sp³-hybridized carbons (Fsp3) is 0.308. The fourth-order valence-electron chi connectivity index (χ4n) is 1.80. The van der Waals surface area contributed by atoms with Crippen molar-refractivity contribution in [3.63, 3.8) is 0 Å². The Hall–Kier alpha value is -0.930. The van der Waals surface area contributed by atoms with Crippen molar-refractivity contribution in [1.29, 1.82) is 0 Å². The van der Waals surface area contributed by atoms with Gasteiger partial charge in [-0.2, -0.15) is 0 Å². The van der Waals surface area contributed by atoms with Crippen molar-refractivity contribution in [3.8, 4) is 0 Å². The number of alkyl halides is 1. The van der Waals surface area contributed by atoms with Crippen molar-refractivity contribution >= 4 is 22.9 Å². The molecule has 4 heteroatoms. The second-order valence-corrected chi connectivity index (χ2v) is 5.55. The minimum atomic E-state index is -0.181. The first-order chi connectivity index (χ1) is 8.20. The minimum Gasteiger partial charge on any atom is -0.250 e. The summed E-state index contributed by atoms with van der Waals surface area (Å²) < 4.78 is 13.7. The van der Waals surface area contributed by atoms with Gasteiger partial charge in [-0.25, -0.2) is 9.37 Å². The predicted molar refractivity (Wildman–Crippen MR) is 70.4 cm³/mol. The van der Waals surface area contributed by atoms with E-state index >= 15 is 0 Å². The summed E-state index contributed by atoms with van der Waals surface area (Å²) in [6.07, 6.45) is 2.59. The Morgan fingerprint density at radius 1 is 1.41 bits per heavy atom. The standard InChI is InChI=1S/C13H13ClFNS/c1-9-16-8-11(17-9)6-10(7-14)12-4-2-3-5-13(12)15/h2-5,8,10H,6-7H2,1H3. The normalized spacial score (nSPS) is 12.6. The van der Waals surface area contributed by atoms with Crippen LogP contribution in [0.3, 0.4) is 0 Å². The molecule has 1 aromatic carbocycles. The number of halogens is 2. The quantitative estimate of drug-likeness (QED) is 0.760. The maximum absolute atomic E-state index is 13.7. The van der Waals surface area contributed by atoms with Crippen molar-refractivity contribution < 1.29 is 4.39 Å². The van der Waals surface area contributed by atoms with Crippen LogP contribution in [0.4, 0.5) is 4.39 Å². The van der Waals surface area contributed by atoms with Gasteiger partial charge >= 0.3 is 0 Å². The number of benzene rings is 1. The van der Waals surface area contributed by atoms with Gasteiger partial charge in [0.1, 0.15) is 5.82 Å². The van der Waals surface area contributed by atoms with Crippen LogP contribution in [0.2, 0.25) is 0 Å². The largest absolute Gasteiger partial charge is 0.250 e. The van der Waals surface area contributed by atoms with Gasteiger partial charge in [-0.15, -0.1) is 22.9 Å². The Morgan fingerprint density at radius 3 is 2.76 bits per heavy atom. The van der Waals surface area contributed by atoms with Crippen LogP contribution in [0.5, 0.6) is 0 Å². The lowest BCUT2D eigenvalue weighted by Crippen LogP contribution is -2.06. The lowest BCUT2D eigenvalue weighted by atomic mass is 9.96. The summed E-state index contributed by atoms with van der Waals surface area (Å²) in [5.41, 5.74) is 0.688. The molecule has 0 N–H and O–H groups in total. The van der Waals surface area contributed by atoms with E-state index in [0.29, 0.717) is 11.4 Å². The zero-order chi connectivity index (χ0) is 12.3. The van der Waals surface area contributed by atoms with E-state index in [1.54, 1.807) is 23.5 Å². The summed E-state index contributed by atoms with van der Waals surface area (Å²) in [4.78, 5) is 5.35. The van der Waals surface area contributed by atoms with Crippen molar-refractivity contribution in [2.75, 3.05) is 5.88 Å². The molecule has 2 aromatic rings. The molecule has 1 heterocycles. The first-order valence-electron chi connectivity index (χ1n) is 5.42. The highest BCUT2D eigenvalue weighted by Gasteiger charge is 2.16. The van der Waals surface area contributed by atoms with Gasteiger partial charge in [-0.3, -0.25) is 0 Å². The van der Waals surface area contributed by atoms with Crippen molar-refractivity contribution in [1.82, 2.24) is 4.98 Å². The number of hydrogen-bond acceptors (Lipinski definition) is 2. The molecule has 0 bridgehead atoms. The monoisotopic (exact) mass is 269 g/mol. The molecule has 90 valence electrons. The molecule has 0 saturated heterocycles. The van der Waals surface area contributed by atoms with Crippen LogP contribution in [-0.2, 0) is 6.42 Å². The van der Waals surface area contributed by atoms with Crippen LogP contribution < -0.4 is 0 Å². The Morgan fingerprint density at radius 2 is 2.18 bits per heavy atom. The number of hydrogen-bond donors (Lipinski definition) is 0. The lowest BCUT2D eigenvalue weighted by molar-refractivity contribution is 0.590. The number of rotatable bonds is 4. The maximum Gasteiger partial charge on any atom is 0.126 e. The molecule has 0 amide bonds. The second kappa shape index (κ2) is 5.61. The van der Waals surface area contributed by atoms with Gasteiger partial charge in [0.2, 0.25) is 0 Å². The van der Waals surface area contributed by atoms with E-state index in [1.165, 1.54) is 6.07 Å². The molecule has 0 aliphatic carbocycles. The molecule has 1 atom stereocenters. The third-order valence-corrected chi connectivity index (χ3v) is 3.96. The molecule has 2 rings (SSSR count). The number of aromatic nitrogens is 1. The first kappa shape index (κ1) is 12.5. The Kier molecular flexibility index (Phi) is 4.13. The summed E-state index contributed by atoms with van der Waals surface area (Å²) in [5, 5.41) is 1.03. The molecular weight excluding hydrogens is 257 g/mol. The van der Waals surface area contributed by atoms with Crippen LogP contribution in [-0.4, -0.2) is 10.9 Å². The van der Waals surface area contributed by atoms with E-state index < -0.39 is 0 Å². The highest BCUT2D eigenvalue weighted by atomic mass is 35.5. The van der Waals surface area contributed by atoms with Crippen LogP contribution in [0, 0.1) is 12.7 Å². The average Bonchev–Trinajstić information content (AvgIpc) is 2.73. The van der Waals surface area contributed by atoms with Gasteiger partial charge in [-0.1, -0.05) is 18.2 Å². The molecule has 1 aromatic heterocycles. The highest BCUT2D eigenvalue weighted by Crippen LogP contribution is 2.26. The number of nitrogens with zero attached hydrogens (tertiary/aromatic N) is 1. The van der Waals surface area contributed by atoms with Gasteiger partial charge < -0.3 is 0 Å². The van der Waals surface area contributed by atoms with E-state index in [4.69, 9.17) is 11.6 Å². The summed E-state index contributed by atoms with van der Waals surface area (Å²) in [5.74, 6) is 0.245. The van der Waals surface area contributed by atoms with E-state index in [1.807, 2.05) is 19.2 Å². The van der Waals surface area contributed by atoms with Crippen molar-refractivity contribution in [2.24, 2.45) is 0 Å². The minimum absolute atomic E-state index is 0.0118. The Bertz CT molecular complexity index is 498. The Labute approximate surface area is 109 Å². The van der Waals surface area contributed by atoms with Gasteiger partial charge in [0, 0.05) is 22.9 Å². The van der Waals surface area contributed by atoms with Crippen LogP contribution >= 0.6 is 22.9 Å².